The van der Waals surface area contributed by atoms with Gasteiger partial charge in [-0.3, -0.25) is 4.79 Å². The van der Waals surface area contributed by atoms with Crippen LogP contribution in [0.4, 0.5) is 14.5 Å². The SMILES string of the molecule is CC[NH+](CC(=O)Nc1ccc(C)c(F)c1)Cc1ccc(OC)c(F)c1. The summed E-state index contributed by atoms with van der Waals surface area (Å²) in [5, 5.41) is 2.70. The number of amides is 1. The molecule has 0 aliphatic heterocycles. The number of quaternary nitrogens is 1. The summed E-state index contributed by atoms with van der Waals surface area (Å²) in [4.78, 5) is 13.2. The van der Waals surface area contributed by atoms with Crippen LogP contribution in [0.3, 0.4) is 0 Å². The second-order valence-corrected chi connectivity index (χ2v) is 5.94. The van der Waals surface area contributed by atoms with E-state index in [9.17, 15) is 13.6 Å². The van der Waals surface area contributed by atoms with Gasteiger partial charge in [-0.2, -0.15) is 0 Å². The van der Waals surface area contributed by atoms with Gasteiger partial charge in [0, 0.05) is 11.3 Å². The number of likely N-dealkylation sites (N-methyl/N-ethyl adjacent to an activating group) is 1. The molecule has 0 spiro atoms. The number of methoxy groups -OCH3 is 1. The molecule has 1 atom stereocenters. The van der Waals surface area contributed by atoms with Crippen LogP contribution in [-0.2, 0) is 11.3 Å². The topological polar surface area (TPSA) is 42.8 Å². The van der Waals surface area contributed by atoms with Crippen LogP contribution in [0.25, 0.3) is 0 Å². The van der Waals surface area contributed by atoms with E-state index in [-0.39, 0.29) is 24.0 Å². The molecule has 6 heteroatoms. The number of ether oxygens (including phenoxy) is 1. The van der Waals surface area contributed by atoms with Crippen molar-refractivity contribution in [3.05, 3.63) is 59.2 Å². The normalized spacial score (nSPS) is 11.9. The maximum atomic E-state index is 13.8. The number of nitrogens with one attached hydrogen (secondary N) is 2. The molecule has 0 saturated heterocycles. The Hall–Kier alpha value is -2.47. The molecule has 0 bridgehead atoms. The molecule has 2 N–H and O–H groups in total. The van der Waals surface area contributed by atoms with Crippen molar-refractivity contribution < 1.29 is 23.2 Å². The minimum atomic E-state index is -0.421. The van der Waals surface area contributed by atoms with E-state index in [0.717, 1.165) is 10.5 Å². The van der Waals surface area contributed by atoms with Gasteiger partial charge in [-0.25, -0.2) is 8.78 Å². The minimum absolute atomic E-state index is 0.195. The number of carbonyl (C=O) groups excluding carboxylic acids is 1. The summed E-state index contributed by atoms with van der Waals surface area (Å²) < 4.78 is 32.2. The Bertz CT molecular complexity index is 750. The van der Waals surface area contributed by atoms with Gasteiger partial charge in [0.15, 0.2) is 18.1 Å². The van der Waals surface area contributed by atoms with Crippen molar-refractivity contribution in [2.45, 2.75) is 20.4 Å². The van der Waals surface area contributed by atoms with Gasteiger partial charge in [0.25, 0.3) is 5.91 Å². The lowest BCUT2D eigenvalue weighted by atomic mass is 10.2. The van der Waals surface area contributed by atoms with E-state index in [4.69, 9.17) is 4.74 Å². The standard InChI is InChI=1S/C19H22F2N2O2/c1-4-23(11-14-6-8-18(25-3)17(21)9-14)12-19(24)22-15-7-5-13(2)16(20)10-15/h5-10H,4,11-12H2,1-3H3,(H,22,24)/p+1. The van der Waals surface area contributed by atoms with Gasteiger partial charge in [-0.05, 0) is 49.7 Å². The van der Waals surface area contributed by atoms with E-state index >= 15 is 0 Å². The van der Waals surface area contributed by atoms with Crippen molar-refractivity contribution >= 4 is 11.6 Å². The molecule has 2 rings (SSSR count). The number of halogens is 2. The number of hydrogen-bond donors (Lipinski definition) is 2. The van der Waals surface area contributed by atoms with Crippen LogP contribution in [0.1, 0.15) is 18.1 Å². The highest BCUT2D eigenvalue weighted by Crippen LogP contribution is 2.17. The first-order valence-corrected chi connectivity index (χ1v) is 8.15. The number of hydrogen-bond acceptors (Lipinski definition) is 2. The van der Waals surface area contributed by atoms with Crippen LogP contribution in [-0.4, -0.2) is 26.1 Å². The molecule has 1 amide bonds. The average molecular weight is 349 g/mol. The summed E-state index contributed by atoms with van der Waals surface area (Å²) in [6, 6.07) is 9.37. The predicted octanol–water partition coefficient (Wildman–Crippen LogP) is 2.33. The molecule has 4 nitrogen and oxygen atoms in total. The van der Waals surface area contributed by atoms with E-state index in [1.165, 1.54) is 19.2 Å². The molecule has 0 aliphatic carbocycles. The molecule has 0 radical (unpaired) electrons. The van der Waals surface area contributed by atoms with E-state index < -0.39 is 5.82 Å². The number of carbonyl (C=O) groups is 1. The van der Waals surface area contributed by atoms with Crippen molar-refractivity contribution in [1.82, 2.24) is 0 Å². The van der Waals surface area contributed by atoms with E-state index in [0.29, 0.717) is 24.3 Å². The Morgan fingerprint density at radius 2 is 1.92 bits per heavy atom. The zero-order chi connectivity index (χ0) is 18.4. The van der Waals surface area contributed by atoms with Crippen molar-refractivity contribution in [3.63, 3.8) is 0 Å². The van der Waals surface area contributed by atoms with Crippen molar-refractivity contribution in [2.24, 2.45) is 0 Å². The van der Waals surface area contributed by atoms with E-state index in [1.54, 1.807) is 31.2 Å². The minimum Gasteiger partial charge on any atom is -0.494 e. The van der Waals surface area contributed by atoms with E-state index in [2.05, 4.69) is 5.32 Å². The third-order valence-corrected chi connectivity index (χ3v) is 4.04. The predicted molar refractivity (Wildman–Crippen MR) is 92.8 cm³/mol. The van der Waals surface area contributed by atoms with Crippen LogP contribution < -0.4 is 15.0 Å². The second-order valence-electron chi connectivity index (χ2n) is 5.94. The van der Waals surface area contributed by atoms with Crippen molar-refractivity contribution in [1.29, 1.82) is 0 Å². The van der Waals surface area contributed by atoms with Crippen LogP contribution in [0.5, 0.6) is 5.75 Å². The summed E-state index contributed by atoms with van der Waals surface area (Å²) in [5.41, 5.74) is 1.74. The lowest BCUT2D eigenvalue weighted by Crippen LogP contribution is -3.11. The van der Waals surface area contributed by atoms with E-state index in [1.807, 2.05) is 6.92 Å². The van der Waals surface area contributed by atoms with Crippen LogP contribution >= 0.6 is 0 Å². The number of rotatable bonds is 7. The fourth-order valence-corrected chi connectivity index (χ4v) is 2.52. The Morgan fingerprint density at radius 1 is 1.16 bits per heavy atom. The fraction of sp³-hybridized carbons (Fsp3) is 0.316. The molecule has 2 aromatic rings. The molecule has 0 fully saturated rings. The summed E-state index contributed by atoms with van der Waals surface area (Å²) in [6.45, 7) is 5.03. The summed E-state index contributed by atoms with van der Waals surface area (Å²) in [6.07, 6.45) is 0. The van der Waals surface area contributed by atoms with Crippen LogP contribution in [0, 0.1) is 18.6 Å². The first-order chi connectivity index (χ1) is 11.9. The largest absolute Gasteiger partial charge is 0.494 e. The summed E-state index contributed by atoms with van der Waals surface area (Å²) in [7, 11) is 1.42. The number of anilines is 1. The Morgan fingerprint density at radius 3 is 2.52 bits per heavy atom. The Kier molecular flexibility index (Phi) is 6.47. The lowest BCUT2D eigenvalue weighted by Gasteiger charge is -2.18. The molecular weight excluding hydrogens is 326 g/mol. The molecular formula is C19H23F2N2O2+. The van der Waals surface area contributed by atoms with Crippen molar-refractivity contribution in [3.8, 4) is 5.75 Å². The van der Waals surface area contributed by atoms with Gasteiger partial charge in [0.2, 0.25) is 0 Å². The second kappa shape index (κ2) is 8.58. The summed E-state index contributed by atoms with van der Waals surface area (Å²) in [5.74, 6) is -0.795. The van der Waals surface area contributed by atoms with Crippen LogP contribution in [0.15, 0.2) is 36.4 Å². The zero-order valence-corrected chi connectivity index (χ0v) is 14.7. The summed E-state index contributed by atoms with van der Waals surface area (Å²) >= 11 is 0. The van der Waals surface area contributed by atoms with Crippen LogP contribution in [0.2, 0.25) is 0 Å². The third kappa shape index (κ3) is 5.26. The molecule has 134 valence electrons. The lowest BCUT2D eigenvalue weighted by molar-refractivity contribution is -0.903. The van der Waals surface area contributed by atoms with Gasteiger partial charge >= 0.3 is 0 Å². The Labute approximate surface area is 146 Å². The highest BCUT2D eigenvalue weighted by atomic mass is 19.1. The van der Waals surface area contributed by atoms with Gasteiger partial charge in [-0.1, -0.05) is 6.07 Å². The molecule has 25 heavy (non-hydrogen) atoms. The van der Waals surface area contributed by atoms with Gasteiger partial charge in [-0.15, -0.1) is 0 Å². The van der Waals surface area contributed by atoms with Gasteiger partial charge < -0.3 is 15.0 Å². The first-order valence-electron chi connectivity index (χ1n) is 8.15. The third-order valence-electron chi connectivity index (χ3n) is 4.04. The van der Waals surface area contributed by atoms with Gasteiger partial charge in [0.1, 0.15) is 12.4 Å². The molecule has 1 unspecified atom stereocenters. The molecule has 0 heterocycles. The maximum absolute atomic E-state index is 13.8. The highest BCUT2D eigenvalue weighted by molar-refractivity contribution is 5.91. The number of benzene rings is 2. The maximum Gasteiger partial charge on any atom is 0.279 e. The molecule has 0 aliphatic rings. The number of aryl methyl sites for hydroxylation is 1. The quantitative estimate of drug-likeness (QED) is 0.806. The van der Waals surface area contributed by atoms with Crippen molar-refractivity contribution in [2.75, 3.05) is 25.5 Å². The monoisotopic (exact) mass is 349 g/mol. The smallest absolute Gasteiger partial charge is 0.279 e. The molecule has 0 aromatic heterocycles. The fourth-order valence-electron chi connectivity index (χ4n) is 2.52. The molecule has 0 saturated carbocycles. The highest BCUT2D eigenvalue weighted by Gasteiger charge is 2.15. The first kappa shape index (κ1) is 18.9. The molecule has 2 aromatic carbocycles. The van der Waals surface area contributed by atoms with Gasteiger partial charge in [0.05, 0.1) is 13.7 Å². The zero-order valence-electron chi connectivity index (χ0n) is 14.7. The average Bonchev–Trinajstić information content (AvgIpc) is 2.57. The Balaban J connectivity index is 1.97.